The van der Waals surface area contributed by atoms with Crippen molar-refractivity contribution in [1.29, 1.82) is 0 Å². The number of hydrogen-bond donors (Lipinski definition) is 2. The monoisotopic (exact) mass is 284 g/mol. The molecule has 0 fully saturated rings. The van der Waals surface area contributed by atoms with E-state index in [2.05, 4.69) is 0 Å². The molecule has 0 amide bonds. The molecule has 0 saturated carbocycles. The maximum absolute atomic E-state index is 10.8. The number of aromatic carboxylic acids is 1. The predicted octanol–water partition coefficient (Wildman–Crippen LogP) is 2.94. The van der Waals surface area contributed by atoms with E-state index in [0.29, 0.717) is 6.61 Å². The number of hydrogen-bond acceptors (Lipinski definition) is 3. The van der Waals surface area contributed by atoms with Gasteiger partial charge in [-0.05, 0) is 42.2 Å². The highest BCUT2D eigenvalue weighted by Crippen LogP contribution is 2.36. The van der Waals surface area contributed by atoms with Gasteiger partial charge in [-0.2, -0.15) is 0 Å². The van der Waals surface area contributed by atoms with Crippen molar-refractivity contribution in [1.82, 2.24) is 0 Å². The van der Waals surface area contributed by atoms with Crippen LogP contribution in [0.1, 0.15) is 39.6 Å². The molecule has 0 spiro atoms. The van der Waals surface area contributed by atoms with Crippen molar-refractivity contribution in [2.75, 3.05) is 0 Å². The second-order valence-electron chi connectivity index (χ2n) is 5.17. The lowest BCUT2D eigenvalue weighted by atomic mass is 10.1. The Morgan fingerprint density at radius 1 is 1.19 bits per heavy atom. The fraction of sp³-hybridized carbons (Fsp3) is 0.235. The predicted molar refractivity (Wildman–Crippen MR) is 77.5 cm³/mol. The molecule has 2 aromatic rings. The zero-order chi connectivity index (χ0) is 14.8. The smallest absolute Gasteiger partial charge is 0.335 e. The van der Waals surface area contributed by atoms with Gasteiger partial charge in [0.2, 0.25) is 0 Å². The van der Waals surface area contributed by atoms with Crippen molar-refractivity contribution >= 4 is 5.97 Å². The van der Waals surface area contributed by atoms with Crippen LogP contribution in [0.2, 0.25) is 0 Å². The molecule has 0 saturated heterocycles. The second-order valence-corrected chi connectivity index (χ2v) is 5.17. The van der Waals surface area contributed by atoms with Gasteiger partial charge in [0.15, 0.2) is 0 Å². The van der Waals surface area contributed by atoms with Crippen molar-refractivity contribution in [3.8, 4) is 5.75 Å². The van der Waals surface area contributed by atoms with Crippen LogP contribution in [0.25, 0.3) is 0 Å². The van der Waals surface area contributed by atoms with E-state index in [1.54, 1.807) is 24.3 Å². The van der Waals surface area contributed by atoms with Crippen LogP contribution >= 0.6 is 0 Å². The summed E-state index contributed by atoms with van der Waals surface area (Å²) in [6, 6.07) is 12.4. The average Bonchev–Trinajstić information content (AvgIpc) is 2.88. The number of carbonyl (C=O) groups is 1. The number of carboxylic acids is 1. The Balaban J connectivity index is 1.72. The molecule has 1 unspecified atom stereocenters. The van der Waals surface area contributed by atoms with Crippen molar-refractivity contribution in [3.05, 3.63) is 64.7 Å². The van der Waals surface area contributed by atoms with Crippen LogP contribution < -0.4 is 4.74 Å². The van der Waals surface area contributed by atoms with Crippen LogP contribution in [0.3, 0.4) is 0 Å². The SMILES string of the molecule is O=C(O)c1ccc(COc2cccc3c2CCC3O)cc1. The van der Waals surface area contributed by atoms with Crippen LogP contribution in [0.5, 0.6) is 5.75 Å². The van der Waals surface area contributed by atoms with Gasteiger partial charge >= 0.3 is 5.97 Å². The summed E-state index contributed by atoms with van der Waals surface area (Å²) in [5, 5.41) is 18.7. The van der Waals surface area contributed by atoms with Crippen molar-refractivity contribution < 1.29 is 19.7 Å². The molecule has 0 bridgehead atoms. The molecular weight excluding hydrogens is 268 g/mol. The summed E-state index contributed by atoms with van der Waals surface area (Å²) < 4.78 is 5.83. The molecule has 21 heavy (non-hydrogen) atoms. The third-order valence-corrected chi connectivity index (χ3v) is 3.79. The van der Waals surface area contributed by atoms with E-state index in [9.17, 15) is 9.90 Å². The van der Waals surface area contributed by atoms with Gasteiger partial charge < -0.3 is 14.9 Å². The molecule has 4 heteroatoms. The summed E-state index contributed by atoms with van der Waals surface area (Å²) in [7, 11) is 0. The normalized spacial score (nSPS) is 16.5. The highest BCUT2D eigenvalue weighted by atomic mass is 16.5. The third kappa shape index (κ3) is 2.76. The molecule has 1 aliphatic carbocycles. The van der Waals surface area contributed by atoms with Crippen LogP contribution in [0.4, 0.5) is 0 Å². The van der Waals surface area contributed by atoms with Gasteiger partial charge in [-0.25, -0.2) is 4.79 Å². The minimum Gasteiger partial charge on any atom is -0.489 e. The summed E-state index contributed by atoms with van der Waals surface area (Å²) in [5.41, 5.74) is 3.21. The first-order chi connectivity index (χ1) is 10.1. The third-order valence-electron chi connectivity index (χ3n) is 3.79. The molecule has 2 N–H and O–H groups in total. The highest BCUT2D eigenvalue weighted by Gasteiger charge is 2.23. The first-order valence-corrected chi connectivity index (χ1v) is 6.90. The molecule has 4 nitrogen and oxygen atoms in total. The van der Waals surface area contributed by atoms with Gasteiger partial charge in [0.25, 0.3) is 0 Å². The first-order valence-electron chi connectivity index (χ1n) is 6.90. The number of ether oxygens (including phenoxy) is 1. The van der Waals surface area contributed by atoms with Crippen molar-refractivity contribution in [2.24, 2.45) is 0 Å². The molecule has 0 aromatic heterocycles. The van der Waals surface area contributed by atoms with Gasteiger partial charge in [0.05, 0.1) is 11.7 Å². The number of aliphatic hydroxyl groups excluding tert-OH is 1. The Bertz CT molecular complexity index is 661. The topological polar surface area (TPSA) is 66.8 Å². The fourth-order valence-corrected chi connectivity index (χ4v) is 2.64. The van der Waals surface area contributed by atoms with E-state index in [1.807, 2.05) is 18.2 Å². The Morgan fingerprint density at radius 3 is 2.67 bits per heavy atom. The number of rotatable bonds is 4. The molecule has 2 aromatic carbocycles. The van der Waals surface area contributed by atoms with Crippen LogP contribution in [0.15, 0.2) is 42.5 Å². The maximum Gasteiger partial charge on any atom is 0.335 e. The van der Waals surface area contributed by atoms with Crippen LogP contribution in [0, 0.1) is 0 Å². The van der Waals surface area contributed by atoms with E-state index in [0.717, 1.165) is 35.3 Å². The van der Waals surface area contributed by atoms with Gasteiger partial charge in [0.1, 0.15) is 12.4 Å². The molecule has 1 atom stereocenters. The van der Waals surface area contributed by atoms with Crippen LogP contribution in [-0.4, -0.2) is 16.2 Å². The summed E-state index contributed by atoms with van der Waals surface area (Å²) in [6.07, 6.45) is 1.17. The largest absolute Gasteiger partial charge is 0.489 e. The van der Waals surface area contributed by atoms with Gasteiger partial charge in [-0.1, -0.05) is 24.3 Å². The van der Waals surface area contributed by atoms with Gasteiger partial charge in [0, 0.05) is 5.56 Å². The lowest BCUT2D eigenvalue weighted by Crippen LogP contribution is -2.00. The lowest BCUT2D eigenvalue weighted by Gasteiger charge is -2.11. The standard InChI is InChI=1S/C17H16O4/c18-15-9-8-14-13(15)2-1-3-16(14)21-10-11-4-6-12(7-5-11)17(19)20/h1-7,15,18H,8-10H2,(H,19,20). The molecule has 0 aliphatic heterocycles. The highest BCUT2D eigenvalue weighted by molar-refractivity contribution is 5.87. The Hall–Kier alpha value is -2.33. The Kier molecular flexibility index (Phi) is 3.62. The minimum absolute atomic E-state index is 0.266. The summed E-state index contributed by atoms with van der Waals surface area (Å²) in [6.45, 7) is 0.381. The zero-order valence-electron chi connectivity index (χ0n) is 11.5. The Labute approximate surface area is 122 Å². The molecule has 108 valence electrons. The molecule has 3 rings (SSSR count). The average molecular weight is 284 g/mol. The number of aliphatic hydroxyl groups is 1. The number of carboxylic acid groups (broad SMARTS) is 1. The van der Waals surface area contributed by atoms with Crippen molar-refractivity contribution in [3.63, 3.8) is 0 Å². The van der Waals surface area contributed by atoms with Gasteiger partial charge in [-0.15, -0.1) is 0 Å². The van der Waals surface area contributed by atoms with Crippen LogP contribution in [-0.2, 0) is 13.0 Å². The molecule has 1 aliphatic rings. The number of benzene rings is 2. The number of fused-ring (bicyclic) bond motifs is 1. The summed E-state index contributed by atoms with van der Waals surface area (Å²) in [5.74, 6) is -0.135. The van der Waals surface area contributed by atoms with E-state index in [4.69, 9.17) is 9.84 Å². The first kappa shape index (κ1) is 13.6. The molecule has 0 radical (unpaired) electrons. The summed E-state index contributed by atoms with van der Waals surface area (Å²) in [4.78, 5) is 10.8. The second kappa shape index (κ2) is 5.58. The van der Waals surface area contributed by atoms with Gasteiger partial charge in [-0.3, -0.25) is 0 Å². The van der Waals surface area contributed by atoms with E-state index < -0.39 is 12.1 Å². The zero-order valence-corrected chi connectivity index (χ0v) is 11.5. The van der Waals surface area contributed by atoms with Crippen molar-refractivity contribution in [2.45, 2.75) is 25.6 Å². The fourth-order valence-electron chi connectivity index (χ4n) is 2.64. The lowest BCUT2D eigenvalue weighted by molar-refractivity contribution is 0.0697. The quantitative estimate of drug-likeness (QED) is 0.906. The summed E-state index contributed by atoms with van der Waals surface area (Å²) >= 11 is 0. The minimum atomic E-state index is -0.933. The molecule has 0 heterocycles. The van der Waals surface area contributed by atoms with E-state index in [-0.39, 0.29) is 5.56 Å². The van der Waals surface area contributed by atoms with E-state index >= 15 is 0 Å². The van der Waals surface area contributed by atoms with E-state index in [1.165, 1.54) is 0 Å². The maximum atomic E-state index is 10.8. The Morgan fingerprint density at radius 2 is 1.95 bits per heavy atom. The molecular formula is C17H16O4.